The molecular formula is C29H78O9Si5. The van der Waals surface area contributed by atoms with Crippen LogP contribution in [0.1, 0.15) is 46.8 Å². The first-order chi connectivity index (χ1) is 17.9. The average molecular weight is 711 g/mol. The second-order valence-electron chi connectivity index (χ2n) is 12.6. The van der Waals surface area contributed by atoms with Crippen LogP contribution in [0.2, 0.25) is 71.5 Å². The second kappa shape index (κ2) is 22.6. The van der Waals surface area contributed by atoms with Gasteiger partial charge in [0, 0.05) is 31.2 Å². The number of rotatable bonds is 23. The molecule has 0 N–H and O–H groups in total. The van der Waals surface area contributed by atoms with Gasteiger partial charge in [0.05, 0.1) is 19.8 Å². The number of hydrogen-bond donors (Lipinski definition) is 0. The summed E-state index contributed by atoms with van der Waals surface area (Å²) in [7, 11) is -10.6. The molecule has 0 radical (unpaired) electrons. The number of methoxy groups -OCH3 is 1. The summed E-state index contributed by atoms with van der Waals surface area (Å²) in [6.07, 6.45) is 1.90. The zero-order chi connectivity index (χ0) is 29.8. The Labute approximate surface area is 277 Å². The lowest BCUT2D eigenvalue weighted by Crippen LogP contribution is -2.61. The summed E-state index contributed by atoms with van der Waals surface area (Å²) < 4.78 is 55.4. The molecule has 0 bridgehead atoms. The van der Waals surface area contributed by atoms with Crippen molar-refractivity contribution in [1.29, 1.82) is 0 Å². The van der Waals surface area contributed by atoms with Crippen LogP contribution in [0.15, 0.2) is 17.7 Å². The molecule has 0 aromatic carbocycles. The number of epoxide rings is 1. The molecule has 9 nitrogen and oxygen atoms in total. The molecule has 0 spiro atoms. The minimum atomic E-state index is -3.10. The molecule has 0 amide bonds. The van der Waals surface area contributed by atoms with Crippen molar-refractivity contribution in [3.05, 3.63) is 17.7 Å². The van der Waals surface area contributed by atoms with E-state index in [1.54, 1.807) is 7.11 Å². The van der Waals surface area contributed by atoms with E-state index in [0.717, 1.165) is 25.5 Å². The molecule has 1 heterocycles. The van der Waals surface area contributed by atoms with Crippen LogP contribution in [0.5, 0.6) is 0 Å². The highest BCUT2D eigenvalue weighted by Gasteiger charge is 2.52. The van der Waals surface area contributed by atoms with Crippen LogP contribution in [0.25, 0.3) is 0 Å². The molecule has 268 valence electrons. The fraction of sp³-hybridized carbons (Fsp3) is 0.897. The van der Waals surface area contributed by atoms with Crippen LogP contribution in [-0.4, -0.2) is 102 Å². The molecule has 14 heteroatoms. The van der Waals surface area contributed by atoms with Crippen molar-refractivity contribution in [2.24, 2.45) is 0 Å². The maximum absolute atomic E-state index is 7.09. The van der Waals surface area contributed by atoms with Gasteiger partial charge in [-0.3, -0.25) is 0 Å². The van der Waals surface area contributed by atoms with E-state index in [-0.39, 0.29) is 40.1 Å². The number of hydrogen-bond acceptors (Lipinski definition) is 9. The third kappa shape index (κ3) is 24.0. The highest BCUT2D eigenvalue weighted by molar-refractivity contribution is 6.92. The highest BCUT2D eigenvalue weighted by Crippen LogP contribution is 2.32. The van der Waals surface area contributed by atoms with Gasteiger partial charge in [-0.05, 0) is 84.4 Å². The van der Waals surface area contributed by atoms with E-state index in [0.29, 0.717) is 45.0 Å². The fourth-order valence-corrected chi connectivity index (χ4v) is 27.0. The Kier molecular flexibility index (Phi) is 26.2. The summed E-state index contributed by atoms with van der Waals surface area (Å²) >= 11 is 0. The lowest BCUT2D eigenvalue weighted by atomic mass is 10.5. The van der Waals surface area contributed by atoms with Gasteiger partial charge < -0.3 is 40.1 Å². The van der Waals surface area contributed by atoms with Gasteiger partial charge in [-0.25, -0.2) is 0 Å². The normalized spacial score (nSPS) is 17.4. The van der Waals surface area contributed by atoms with E-state index >= 15 is 0 Å². The van der Waals surface area contributed by atoms with Gasteiger partial charge in [-0.15, -0.1) is 0 Å². The van der Waals surface area contributed by atoms with E-state index < -0.39 is 42.3 Å². The Morgan fingerprint density at radius 3 is 1.79 bits per heavy atom. The zero-order valence-electron chi connectivity index (χ0n) is 26.5. The van der Waals surface area contributed by atoms with Gasteiger partial charge in [-0.1, -0.05) is 42.0 Å². The van der Waals surface area contributed by atoms with Crippen molar-refractivity contribution in [3.8, 4) is 0 Å². The molecule has 1 saturated heterocycles. The van der Waals surface area contributed by atoms with Crippen LogP contribution >= 0.6 is 0 Å². The second-order valence-corrected chi connectivity index (χ2v) is 32.2. The smallest absolute Gasteiger partial charge is 0.396 e. The maximum atomic E-state index is 7.09. The molecule has 0 aliphatic carbocycles. The van der Waals surface area contributed by atoms with Gasteiger partial charge in [-0.2, -0.15) is 0 Å². The topological polar surface area (TPSA) is 86.4 Å². The van der Waals surface area contributed by atoms with Crippen molar-refractivity contribution in [2.75, 3.05) is 53.4 Å². The monoisotopic (exact) mass is 710 g/mol. The summed E-state index contributed by atoms with van der Waals surface area (Å²) in [4.78, 5) is 0. The lowest BCUT2D eigenvalue weighted by molar-refractivity contribution is 0.0640. The van der Waals surface area contributed by atoms with Crippen molar-refractivity contribution < 1.29 is 44.4 Å². The highest BCUT2D eigenvalue weighted by atomic mass is 28.5. The first-order valence-electron chi connectivity index (χ1n) is 14.0. The van der Waals surface area contributed by atoms with E-state index in [1.165, 1.54) is 0 Å². The Morgan fingerprint density at radius 2 is 1.30 bits per heavy atom. The Hall–Kier alpha value is 0.0844. The molecule has 1 aliphatic heterocycles. The van der Waals surface area contributed by atoms with Crippen molar-refractivity contribution in [3.63, 3.8) is 0 Å². The van der Waals surface area contributed by atoms with Crippen molar-refractivity contribution in [1.82, 2.24) is 0 Å². The lowest BCUT2D eigenvalue weighted by Gasteiger charge is -2.44. The van der Waals surface area contributed by atoms with Crippen LogP contribution in [0.4, 0.5) is 0 Å². The number of ether oxygens (including phenoxy) is 5. The van der Waals surface area contributed by atoms with E-state index in [1.807, 2.05) is 6.55 Å². The summed E-state index contributed by atoms with van der Waals surface area (Å²) in [5.41, 5.74) is 3.01. The van der Waals surface area contributed by atoms with Gasteiger partial charge in [0.2, 0.25) is 0 Å². The molecule has 0 saturated carbocycles. The van der Waals surface area contributed by atoms with Gasteiger partial charge in [0.1, 0.15) is 12.7 Å². The minimum absolute atomic E-state index is 0. The molecule has 1 fully saturated rings. The maximum Gasteiger partial charge on any atom is 0.396 e. The third-order valence-corrected chi connectivity index (χ3v) is 23.0. The Balaban J connectivity index is -0.000000435. The van der Waals surface area contributed by atoms with Crippen LogP contribution in [0, 0.1) is 0 Å². The molecule has 3 atom stereocenters. The van der Waals surface area contributed by atoms with E-state index in [4.69, 9.17) is 40.1 Å². The molecule has 0 aromatic rings. The van der Waals surface area contributed by atoms with E-state index in [9.17, 15) is 0 Å². The van der Waals surface area contributed by atoms with Gasteiger partial charge in [0.25, 0.3) is 0 Å². The fourth-order valence-electron chi connectivity index (χ4n) is 4.34. The summed E-state index contributed by atoms with van der Waals surface area (Å²) in [5, 5.41) is 0.542. The minimum Gasteiger partial charge on any atom is -0.487 e. The van der Waals surface area contributed by atoms with Gasteiger partial charge >= 0.3 is 25.7 Å². The summed E-state index contributed by atoms with van der Waals surface area (Å²) in [6.45, 7) is 29.5. The predicted molar refractivity (Wildman–Crippen MR) is 201 cm³/mol. The molecule has 1 aliphatic rings. The quantitative estimate of drug-likeness (QED) is 0.0339. The molecule has 3 unspecified atom stereocenters. The summed E-state index contributed by atoms with van der Waals surface area (Å²) in [5.74, 6) is 0. The Bertz CT molecular complexity index is 782. The summed E-state index contributed by atoms with van der Waals surface area (Å²) in [6, 6.07) is 0.745. The molecule has 0 aromatic heterocycles. The van der Waals surface area contributed by atoms with Crippen LogP contribution in [-0.2, 0) is 40.1 Å². The Morgan fingerprint density at radius 1 is 0.744 bits per heavy atom. The predicted octanol–water partition coefficient (Wildman–Crippen LogP) is 8.93. The first kappa shape index (κ1) is 50.0. The zero-order valence-corrected chi connectivity index (χ0v) is 31.5. The largest absolute Gasteiger partial charge is 0.487 e. The molecule has 1 rings (SSSR count). The third-order valence-electron chi connectivity index (χ3n) is 5.24. The standard InChI is InChI=1S/C25H56O9Si5.4CH4.3H2/c1-13-25(29-20-19-27-17-14-16-26-2)39(12,32-36(6,7)8)34-38(11,21-15-18-28-22-24-23-30-24)33-37(9,10)31-35(3,4)5;;;;;;;/h24H,1,14-23H2,2-12H3;4*1H4;3*1H. The van der Waals surface area contributed by atoms with Crippen molar-refractivity contribution in [2.45, 2.75) is 120 Å². The first-order valence-corrected chi connectivity index (χ1v) is 28.5. The van der Waals surface area contributed by atoms with Crippen LogP contribution < -0.4 is 0 Å². The average Bonchev–Trinajstić information content (AvgIpc) is 3.56. The van der Waals surface area contributed by atoms with E-state index in [2.05, 4.69) is 71.2 Å². The van der Waals surface area contributed by atoms with Crippen molar-refractivity contribution >= 4 is 42.3 Å². The van der Waals surface area contributed by atoms with Gasteiger partial charge in [0.15, 0.2) is 22.0 Å². The SMILES string of the molecule is C.C.C.C.C=C=C(OCCOCCCOC)[Si](C)(O[Si](C)(C)C)O[Si](C)(CCCOCC1CO1)O[Si](C)(C)O[Si](C)(C)C.[HH].[HH].[HH]. The molecular weight excluding hydrogens is 633 g/mol. The molecule has 43 heavy (non-hydrogen) atoms. The van der Waals surface area contributed by atoms with Crippen LogP contribution in [0.3, 0.4) is 0 Å².